The third-order valence-corrected chi connectivity index (χ3v) is 6.48. The van der Waals surface area contributed by atoms with Gasteiger partial charge in [-0.05, 0) is 41.0 Å². The predicted molar refractivity (Wildman–Crippen MR) is 131 cm³/mol. The molecule has 2 unspecified atom stereocenters. The Bertz CT molecular complexity index is 976. The molecule has 0 spiro atoms. The van der Waals surface area contributed by atoms with Crippen LogP contribution in [-0.4, -0.2) is 41.8 Å². The van der Waals surface area contributed by atoms with E-state index in [1.807, 2.05) is 57.2 Å². The molecule has 1 aliphatic rings. The van der Waals surface area contributed by atoms with Crippen molar-refractivity contribution in [3.63, 3.8) is 0 Å². The summed E-state index contributed by atoms with van der Waals surface area (Å²) in [5.74, 6) is -1.51. The number of carbonyl (C=O) groups is 3. The van der Waals surface area contributed by atoms with Gasteiger partial charge in [0.2, 0.25) is 5.91 Å². The van der Waals surface area contributed by atoms with Crippen LogP contribution in [0.15, 0.2) is 48.5 Å². The van der Waals surface area contributed by atoms with Gasteiger partial charge in [-0.25, -0.2) is 9.59 Å². The maximum Gasteiger partial charge on any atom is 0.407 e. The number of ether oxygens (including phenoxy) is 1. The molecule has 7 heteroatoms. The van der Waals surface area contributed by atoms with Crippen LogP contribution in [0.5, 0.6) is 0 Å². The molecule has 0 saturated heterocycles. The van der Waals surface area contributed by atoms with Crippen LogP contribution in [0.3, 0.4) is 0 Å². The van der Waals surface area contributed by atoms with Gasteiger partial charge in [-0.1, -0.05) is 82.1 Å². The lowest BCUT2D eigenvalue weighted by atomic mass is 9.98. The van der Waals surface area contributed by atoms with E-state index in [1.165, 1.54) is 0 Å². The van der Waals surface area contributed by atoms with Crippen LogP contribution < -0.4 is 10.6 Å². The third kappa shape index (κ3) is 5.95. The molecule has 3 atom stereocenters. The summed E-state index contributed by atoms with van der Waals surface area (Å²) in [5.41, 5.74) is 4.48. The minimum atomic E-state index is -1.08. The minimum Gasteiger partial charge on any atom is -0.480 e. The van der Waals surface area contributed by atoms with Crippen LogP contribution in [0.1, 0.15) is 63.5 Å². The maximum absolute atomic E-state index is 12.8. The number of hydrogen-bond acceptors (Lipinski definition) is 4. The van der Waals surface area contributed by atoms with E-state index in [0.29, 0.717) is 19.3 Å². The zero-order valence-electron chi connectivity index (χ0n) is 20.0. The third-order valence-electron chi connectivity index (χ3n) is 6.48. The number of hydrogen-bond donors (Lipinski definition) is 3. The van der Waals surface area contributed by atoms with Crippen LogP contribution in [0.25, 0.3) is 11.1 Å². The zero-order valence-corrected chi connectivity index (χ0v) is 20.0. The minimum absolute atomic E-state index is 0.0801. The smallest absolute Gasteiger partial charge is 0.407 e. The van der Waals surface area contributed by atoms with Crippen molar-refractivity contribution >= 4 is 18.0 Å². The number of nitrogens with one attached hydrogen (secondary N) is 2. The SMILES string of the molecule is CCC[C@H](NC(=O)OCC1c2ccccc2-c2ccccc21)C(=O)NC(CC(C)CC)C(=O)O. The molecule has 2 aromatic rings. The lowest BCUT2D eigenvalue weighted by Gasteiger charge is -2.23. The summed E-state index contributed by atoms with van der Waals surface area (Å²) >= 11 is 0. The number of carbonyl (C=O) groups excluding carboxylic acids is 2. The quantitative estimate of drug-likeness (QED) is 0.445. The Kier molecular flexibility index (Phi) is 8.68. The second kappa shape index (κ2) is 11.7. The van der Waals surface area contributed by atoms with E-state index in [-0.39, 0.29) is 18.4 Å². The second-order valence-electron chi connectivity index (χ2n) is 8.96. The van der Waals surface area contributed by atoms with Gasteiger partial charge in [0, 0.05) is 5.92 Å². The highest BCUT2D eigenvalue weighted by Crippen LogP contribution is 2.44. The molecule has 0 radical (unpaired) electrons. The van der Waals surface area contributed by atoms with Crippen molar-refractivity contribution in [2.45, 2.75) is 64.5 Å². The van der Waals surface area contributed by atoms with Crippen molar-refractivity contribution in [3.8, 4) is 11.1 Å². The Hall–Kier alpha value is -3.35. The number of fused-ring (bicyclic) bond motifs is 3. The fraction of sp³-hybridized carbons (Fsp3) is 0.444. The molecular weight excluding hydrogens is 432 g/mol. The first-order chi connectivity index (χ1) is 16.3. The lowest BCUT2D eigenvalue weighted by Crippen LogP contribution is -2.52. The highest BCUT2D eigenvalue weighted by atomic mass is 16.5. The van der Waals surface area contributed by atoms with Gasteiger partial charge in [-0.15, -0.1) is 0 Å². The van der Waals surface area contributed by atoms with Crippen molar-refractivity contribution in [2.75, 3.05) is 6.61 Å². The van der Waals surface area contributed by atoms with Gasteiger partial charge in [0.15, 0.2) is 0 Å². The van der Waals surface area contributed by atoms with Gasteiger partial charge in [-0.2, -0.15) is 0 Å². The number of aliphatic carboxylic acids is 1. The average molecular weight is 467 g/mol. The molecule has 0 heterocycles. The first-order valence-electron chi connectivity index (χ1n) is 12.0. The molecule has 0 aromatic heterocycles. The highest BCUT2D eigenvalue weighted by Gasteiger charge is 2.30. The predicted octanol–water partition coefficient (Wildman–Crippen LogP) is 4.70. The van der Waals surface area contributed by atoms with Crippen LogP contribution >= 0.6 is 0 Å². The number of carboxylic acids is 1. The summed E-state index contributed by atoms with van der Waals surface area (Å²) in [4.78, 5) is 37.0. The van der Waals surface area contributed by atoms with Gasteiger partial charge in [0.25, 0.3) is 0 Å². The van der Waals surface area contributed by atoms with Crippen molar-refractivity contribution < 1.29 is 24.2 Å². The zero-order chi connectivity index (χ0) is 24.7. The van der Waals surface area contributed by atoms with E-state index >= 15 is 0 Å². The Morgan fingerprint density at radius 2 is 1.53 bits per heavy atom. The maximum atomic E-state index is 12.8. The molecule has 3 rings (SSSR count). The topological polar surface area (TPSA) is 105 Å². The fourth-order valence-corrected chi connectivity index (χ4v) is 4.40. The highest BCUT2D eigenvalue weighted by molar-refractivity contribution is 5.89. The van der Waals surface area contributed by atoms with Crippen LogP contribution in [0.4, 0.5) is 4.79 Å². The van der Waals surface area contributed by atoms with E-state index in [4.69, 9.17) is 4.74 Å². The fourth-order valence-electron chi connectivity index (χ4n) is 4.40. The average Bonchev–Trinajstić information content (AvgIpc) is 3.15. The van der Waals surface area contributed by atoms with Crippen molar-refractivity contribution in [2.24, 2.45) is 5.92 Å². The molecule has 7 nitrogen and oxygen atoms in total. The molecule has 0 fully saturated rings. The van der Waals surface area contributed by atoms with Crippen molar-refractivity contribution in [3.05, 3.63) is 59.7 Å². The molecule has 2 aromatic carbocycles. The number of benzene rings is 2. The van der Waals surface area contributed by atoms with Crippen molar-refractivity contribution in [1.29, 1.82) is 0 Å². The Balaban J connectivity index is 1.63. The molecular formula is C27H34N2O5. The monoisotopic (exact) mass is 466 g/mol. The van der Waals surface area contributed by atoms with Gasteiger partial charge in [0.05, 0.1) is 0 Å². The number of carboxylic acid groups (broad SMARTS) is 1. The number of amides is 2. The molecule has 34 heavy (non-hydrogen) atoms. The molecule has 0 aliphatic heterocycles. The summed E-state index contributed by atoms with van der Waals surface area (Å²) in [6, 6.07) is 14.3. The Labute approximate surface area is 200 Å². The molecule has 0 bridgehead atoms. The summed E-state index contributed by atoms with van der Waals surface area (Å²) in [6.45, 7) is 5.96. The summed E-state index contributed by atoms with van der Waals surface area (Å²) < 4.78 is 5.55. The van der Waals surface area contributed by atoms with Crippen LogP contribution in [-0.2, 0) is 14.3 Å². The van der Waals surface area contributed by atoms with Crippen LogP contribution in [0.2, 0.25) is 0 Å². The van der Waals surface area contributed by atoms with Crippen molar-refractivity contribution in [1.82, 2.24) is 10.6 Å². The summed E-state index contributed by atoms with van der Waals surface area (Å²) in [5, 5.41) is 14.7. The number of alkyl carbamates (subject to hydrolysis) is 1. The normalized spacial score (nSPS) is 14.9. The molecule has 3 N–H and O–H groups in total. The largest absolute Gasteiger partial charge is 0.480 e. The summed E-state index contributed by atoms with van der Waals surface area (Å²) in [7, 11) is 0. The van der Waals surface area contributed by atoms with E-state index in [1.54, 1.807) is 0 Å². The first-order valence-corrected chi connectivity index (χ1v) is 12.0. The first kappa shape index (κ1) is 25.3. The Morgan fingerprint density at radius 1 is 0.941 bits per heavy atom. The van der Waals surface area contributed by atoms with Gasteiger partial charge in [-0.3, -0.25) is 4.79 Å². The molecule has 1 aliphatic carbocycles. The van der Waals surface area contributed by atoms with E-state index in [2.05, 4.69) is 22.8 Å². The second-order valence-corrected chi connectivity index (χ2v) is 8.96. The van der Waals surface area contributed by atoms with E-state index in [0.717, 1.165) is 28.7 Å². The lowest BCUT2D eigenvalue weighted by molar-refractivity contribution is -0.142. The number of rotatable bonds is 11. The molecule has 182 valence electrons. The molecule has 0 saturated carbocycles. The standard InChI is InChI=1S/C27H34N2O5/c1-4-10-23(25(30)28-24(26(31)32)15-17(3)5-2)29-27(33)34-16-22-20-13-8-6-11-18(20)19-12-7-9-14-21(19)22/h6-9,11-14,17,22-24H,4-5,10,15-16H2,1-3H3,(H,28,30)(H,29,33)(H,31,32)/t17?,23-,24?/m0/s1. The van der Waals surface area contributed by atoms with E-state index < -0.39 is 30.1 Å². The Morgan fingerprint density at radius 3 is 2.06 bits per heavy atom. The van der Waals surface area contributed by atoms with Gasteiger partial charge < -0.3 is 20.5 Å². The van der Waals surface area contributed by atoms with Gasteiger partial charge >= 0.3 is 12.1 Å². The van der Waals surface area contributed by atoms with E-state index in [9.17, 15) is 19.5 Å². The van der Waals surface area contributed by atoms with Crippen LogP contribution in [0, 0.1) is 5.92 Å². The molecule has 2 amide bonds. The van der Waals surface area contributed by atoms with Gasteiger partial charge in [0.1, 0.15) is 18.7 Å². The summed E-state index contributed by atoms with van der Waals surface area (Å²) in [6.07, 6.45) is 1.48.